The van der Waals surface area contributed by atoms with Gasteiger partial charge in [0.25, 0.3) is 0 Å². The summed E-state index contributed by atoms with van der Waals surface area (Å²) in [5, 5.41) is 2.82. The van der Waals surface area contributed by atoms with E-state index in [1.54, 1.807) is 6.92 Å². The molecule has 0 aliphatic rings. The zero-order valence-electron chi connectivity index (χ0n) is 9.01. The summed E-state index contributed by atoms with van der Waals surface area (Å²) in [4.78, 5) is 3.81. The predicted molar refractivity (Wildman–Crippen MR) is 54.2 cm³/mol. The highest BCUT2D eigenvalue weighted by Gasteiger charge is 2.30. The van der Waals surface area contributed by atoms with Crippen LogP contribution in [0.1, 0.15) is 12.5 Å². The molecule has 16 heavy (non-hydrogen) atoms. The summed E-state index contributed by atoms with van der Waals surface area (Å²) in [6, 6.07) is 1.82. The second-order valence-corrected chi connectivity index (χ2v) is 3.43. The number of ether oxygens (including phenoxy) is 1. The summed E-state index contributed by atoms with van der Waals surface area (Å²) < 4.78 is 42.0. The van der Waals surface area contributed by atoms with E-state index in [9.17, 15) is 13.2 Å². The van der Waals surface area contributed by atoms with Crippen LogP contribution in [0.25, 0.3) is 0 Å². The van der Waals surface area contributed by atoms with E-state index < -0.39 is 11.7 Å². The molecule has 90 valence electrons. The number of hydrogen-bond acceptors (Lipinski definition) is 3. The number of nitrogens with one attached hydrogen (secondary N) is 1. The third kappa shape index (κ3) is 3.69. The van der Waals surface area contributed by atoms with E-state index in [1.165, 1.54) is 7.11 Å². The van der Waals surface area contributed by atoms with Gasteiger partial charge < -0.3 is 10.1 Å². The number of pyridine rings is 1. The molecule has 0 radical (unpaired) electrons. The highest BCUT2D eigenvalue weighted by Crippen LogP contribution is 2.29. The van der Waals surface area contributed by atoms with Crippen LogP contribution in [0.3, 0.4) is 0 Å². The average Bonchev–Trinajstić information content (AvgIpc) is 2.17. The summed E-state index contributed by atoms with van der Waals surface area (Å²) in [5.74, 6) is 0.194. The van der Waals surface area contributed by atoms with Crippen molar-refractivity contribution in [1.82, 2.24) is 4.98 Å². The van der Waals surface area contributed by atoms with E-state index in [0.29, 0.717) is 6.61 Å². The van der Waals surface area contributed by atoms with Crippen molar-refractivity contribution in [2.45, 2.75) is 19.1 Å². The molecule has 0 spiro atoms. The van der Waals surface area contributed by atoms with Gasteiger partial charge >= 0.3 is 6.18 Å². The second kappa shape index (κ2) is 5.16. The summed E-state index contributed by atoms with van der Waals surface area (Å²) in [6.45, 7) is 2.20. The van der Waals surface area contributed by atoms with Crippen LogP contribution in [-0.2, 0) is 10.9 Å². The van der Waals surface area contributed by atoms with E-state index in [4.69, 9.17) is 4.74 Å². The van der Waals surface area contributed by atoms with Crippen molar-refractivity contribution >= 4 is 5.82 Å². The Hall–Kier alpha value is -1.30. The number of alkyl halides is 3. The van der Waals surface area contributed by atoms with Crippen molar-refractivity contribution < 1.29 is 17.9 Å². The lowest BCUT2D eigenvalue weighted by atomic mass is 10.2. The lowest BCUT2D eigenvalue weighted by Crippen LogP contribution is -2.21. The van der Waals surface area contributed by atoms with E-state index in [0.717, 1.165) is 18.3 Å². The molecule has 1 heterocycles. The fraction of sp³-hybridized carbons (Fsp3) is 0.500. The van der Waals surface area contributed by atoms with Gasteiger partial charge in [0.2, 0.25) is 0 Å². The lowest BCUT2D eigenvalue weighted by molar-refractivity contribution is -0.137. The Morgan fingerprint density at radius 1 is 1.50 bits per heavy atom. The fourth-order valence-electron chi connectivity index (χ4n) is 1.23. The first-order valence-corrected chi connectivity index (χ1v) is 4.72. The Morgan fingerprint density at radius 3 is 2.75 bits per heavy atom. The van der Waals surface area contributed by atoms with Crippen molar-refractivity contribution in [2.24, 2.45) is 0 Å². The van der Waals surface area contributed by atoms with Gasteiger partial charge in [0.1, 0.15) is 5.82 Å². The number of anilines is 1. The standard InChI is InChI=1S/C10H13F3N2O/c1-7(6-16-2)15-9-5-8(3-4-14-9)10(11,12)13/h3-5,7H,6H2,1-2H3,(H,14,15). The molecule has 1 aromatic heterocycles. The Morgan fingerprint density at radius 2 is 2.19 bits per heavy atom. The molecule has 0 aliphatic heterocycles. The van der Waals surface area contributed by atoms with Crippen LogP contribution in [0, 0.1) is 0 Å². The fourth-order valence-corrected chi connectivity index (χ4v) is 1.23. The van der Waals surface area contributed by atoms with Crippen LogP contribution >= 0.6 is 0 Å². The molecule has 3 nitrogen and oxygen atoms in total. The van der Waals surface area contributed by atoms with Crippen LogP contribution in [0.15, 0.2) is 18.3 Å². The van der Waals surface area contributed by atoms with Gasteiger partial charge in [-0.3, -0.25) is 0 Å². The number of rotatable bonds is 4. The van der Waals surface area contributed by atoms with Gasteiger partial charge in [-0.1, -0.05) is 0 Å². The van der Waals surface area contributed by atoms with Gasteiger partial charge in [0.05, 0.1) is 12.2 Å². The lowest BCUT2D eigenvalue weighted by Gasteiger charge is -2.14. The van der Waals surface area contributed by atoms with Crippen LogP contribution < -0.4 is 5.32 Å². The van der Waals surface area contributed by atoms with Gasteiger partial charge in [0.15, 0.2) is 0 Å². The largest absolute Gasteiger partial charge is 0.416 e. The molecule has 1 N–H and O–H groups in total. The minimum Gasteiger partial charge on any atom is -0.383 e. The first kappa shape index (κ1) is 12.8. The molecule has 0 amide bonds. The third-order valence-electron chi connectivity index (χ3n) is 1.90. The topological polar surface area (TPSA) is 34.1 Å². The van der Waals surface area contributed by atoms with Crippen LogP contribution in [-0.4, -0.2) is 24.7 Å². The molecule has 0 aromatic carbocycles. The molecule has 0 aliphatic carbocycles. The minimum atomic E-state index is -4.34. The maximum atomic E-state index is 12.4. The quantitative estimate of drug-likeness (QED) is 0.869. The van der Waals surface area contributed by atoms with Gasteiger partial charge in [-0.2, -0.15) is 13.2 Å². The molecule has 6 heteroatoms. The maximum absolute atomic E-state index is 12.4. The zero-order valence-corrected chi connectivity index (χ0v) is 9.01. The number of aromatic nitrogens is 1. The highest BCUT2D eigenvalue weighted by atomic mass is 19.4. The van der Waals surface area contributed by atoms with Gasteiger partial charge in [-0.15, -0.1) is 0 Å². The summed E-state index contributed by atoms with van der Waals surface area (Å²) in [5.41, 5.74) is -0.713. The third-order valence-corrected chi connectivity index (χ3v) is 1.90. The van der Waals surface area contributed by atoms with Gasteiger partial charge in [0, 0.05) is 19.3 Å². The summed E-state index contributed by atoms with van der Waals surface area (Å²) >= 11 is 0. The van der Waals surface area contributed by atoms with Crippen molar-refractivity contribution in [3.05, 3.63) is 23.9 Å². The highest BCUT2D eigenvalue weighted by molar-refractivity contribution is 5.39. The van der Waals surface area contributed by atoms with E-state index >= 15 is 0 Å². The smallest absolute Gasteiger partial charge is 0.383 e. The van der Waals surface area contributed by atoms with Crippen molar-refractivity contribution in [2.75, 3.05) is 19.0 Å². The molecule has 0 saturated heterocycles. The average molecular weight is 234 g/mol. The normalized spacial score (nSPS) is 13.6. The second-order valence-electron chi connectivity index (χ2n) is 3.43. The van der Waals surface area contributed by atoms with Crippen LogP contribution in [0.5, 0.6) is 0 Å². The number of halogens is 3. The Kier molecular flexibility index (Phi) is 4.12. The number of hydrogen-bond donors (Lipinski definition) is 1. The molecule has 0 saturated carbocycles. The zero-order chi connectivity index (χ0) is 12.2. The van der Waals surface area contributed by atoms with Crippen LogP contribution in [0.2, 0.25) is 0 Å². The van der Waals surface area contributed by atoms with Gasteiger partial charge in [-0.05, 0) is 19.1 Å². The minimum absolute atomic E-state index is 0.0963. The summed E-state index contributed by atoms with van der Waals surface area (Å²) in [6.07, 6.45) is -3.21. The van der Waals surface area contributed by atoms with E-state index in [2.05, 4.69) is 10.3 Å². The molecule has 0 bridgehead atoms. The van der Waals surface area contributed by atoms with E-state index in [1.807, 2.05) is 0 Å². The molecular formula is C10H13F3N2O. The molecule has 1 aromatic rings. The first-order valence-electron chi connectivity index (χ1n) is 4.72. The molecule has 1 atom stereocenters. The number of methoxy groups -OCH3 is 1. The monoisotopic (exact) mass is 234 g/mol. The molecule has 0 fully saturated rings. The summed E-state index contributed by atoms with van der Waals surface area (Å²) in [7, 11) is 1.53. The predicted octanol–water partition coefficient (Wildman–Crippen LogP) is 2.55. The van der Waals surface area contributed by atoms with Crippen molar-refractivity contribution in [1.29, 1.82) is 0 Å². The number of nitrogens with zero attached hydrogens (tertiary/aromatic N) is 1. The Bertz CT molecular complexity index is 341. The Labute approximate surface area is 91.6 Å². The maximum Gasteiger partial charge on any atom is 0.416 e. The van der Waals surface area contributed by atoms with Gasteiger partial charge in [-0.25, -0.2) is 4.98 Å². The Balaban J connectivity index is 2.75. The van der Waals surface area contributed by atoms with Crippen LogP contribution in [0.4, 0.5) is 19.0 Å². The molecule has 1 unspecified atom stereocenters. The molecule has 1 rings (SSSR count). The molecular weight excluding hydrogens is 221 g/mol. The SMILES string of the molecule is COCC(C)Nc1cc(C(F)(F)F)ccn1. The van der Waals surface area contributed by atoms with Crippen molar-refractivity contribution in [3.63, 3.8) is 0 Å². The van der Waals surface area contributed by atoms with Crippen molar-refractivity contribution in [3.8, 4) is 0 Å². The first-order chi connectivity index (χ1) is 7.43. The van der Waals surface area contributed by atoms with E-state index in [-0.39, 0.29) is 11.9 Å².